The minimum absolute atomic E-state index is 0.0156. The zero-order chi connectivity index (χ0) is 30.5. The maximum Gasteiger partial charge on any atom is 0.322 e. The molecular formula is C35H43N3O5. The molecular weight excluding hydrogens is 542 g/mol. The molecule has 2 unspecified atom stereocenters. The Morgan fingerprint density at radius 1 is 1.00 bits per heavy atom. The number of amides is 2. The van der Waals surface area contributed by atoms with Gasteiger partial charge in [-0.2, -0.15) is 0 Å². The lowest BCUT2D eigenvalue weighted by Crippen LogP contribution is -2.55. The highest BCUT2D eigenvalue weighted by Crippen LogP contribution is 2.33. The predicted octanol–water partition coefficient (Wildman–Crippen LogP) is 5.78. The Labute approximate surface area is 254 Å². The van der Waals surface area contributed by atoms with E-state index in [2.05, 4.69) is 55.4 Å². The van der Waals surface area contributed by atoms with E-state index in [1.54, 1.807) is 7.11 Å². The zero-order valence-corrected chi connectivity index (χ0v) is 25.9. The number of carbonyl (C=O) groups is 2. The number of aryl methyl sites for hydroxylation is 2. The van der Waals surface area contributed by atoms with E-state index in [-0.39, 0.29) is 30.0 Å². The monoisotopic (exact) mass is 585 g/mol. The van der Waals surface area contributed by atoms with Gasteiger partial charge in [0.25, 0.3) is 0 Å². The standard InChI is InChI=1S/C35H43N3O5/c1-23-17-26(18-24(2)33(23)43-22-25-9-7-6-8-10-25)19-30(34(39)42-5)32-21-28(14-15-37(32)3)38-16-13-27-20-29(41-4)11-12-31(27)36-35(38)40/h6-12,17-18,20,28,30,32H,13-16,19,21-22H2,1-5H3,(H,36,40)/t28?,30-,32?/m1/s1. The second-order valence-corrected chi connectivity index (χ2v) is 11.8. The maximum absolute atomic E-state index is 13.4. The summed E-state index contributed by atoms with van der Waals surface area (Å²) >= 11 is 0. The van der Waals surface area contributed by atoms with Gasteiger partial charge in [0.1, 0.15) is 18.1 Å². The van der Waals surface area contributed by atoms with E-state index >= 15 is 0 Å². The molecule has 3 aromatic rings. The summed E-state index contributed by atoms with van der Waals surface area (Å²) < 4.78 is 16.9. The summed E-state index contributed by atoms with van der Waals surface area (Å²) in [5.41, 5.74) is 6.17. The van der Waals surface area contributed by atoms with Gasteiger partial charge < -0.3 is 29.3 Å². The van der Waals surface area contributed by atoms with Crippen LogP contribution in [0.2, 0.25) is 0 Å². The molecule has 3 atom stereocenters. The van der Waals surface area contributed by atoms with Crippen molar-refractivity contribution >= 4 is 17.7 Å². The normalized spacial score (nSPS) is 19.6. The van der Waals surface area contributed by atoms with Crippen molar-refractivity contribution in [3.05, 3.63) is 88.5 Å². The van der Waals surface area contributed by atoms with Crippen molar-refractivity contribution in [2.24, 2.45) is 5.92 Å². The molecule has 2 aliphatic heterocycles. The van der Waals surface area contributed by atoms with E-state index in [0.29, 0.717) is 26.0 Å². The van der Waals surface area contributed by atoms with Crippen LogP contribution in [-0.4, -0.2) is 68.2 Å². The topological polar surface area (TPSA) is 80.3 Å². The average molecular weight is 586 g/mol. The molecule has 8 nitrogen and oxygen atoms in total. The predicted molar refractivity (Wildman–Crippen MR) is 168 cm³/mol. The lowest BCUT2D eigenvalue weighted by atomic mass is 9.83. The van der Waals surface area contributed by atoms with Gasteiger partial charge in [-0.15, -0.1) is 0 Å². The summed E-state index contributed by atoms with van der Waals surface area (Å²) in [5.74, 6) is 1.06. The molecule has 0 saturated carbocycles. The molecule has 1 saturated heterocycles. The van der Waals surface area contributed by atoms with Crippen LogP contribution in [0.3, 0.4) is 0 Å². The molecule has 3 aromatic carbocycles. The van der Waals surface area contributed by atoms with Crippen LogP contribution < -0.4 is 14.8 Å². The largest absolute Gasteiger partial charge is 0.497 e. The first-order valence-electron chi connectivity index (χ1n) is 15.1. The Balaban J connectivity index is 1.31. The number of urea groups is 1. The van der Waals surface area contributed by atoms with Crippen LogP contribution in [0.15, 0.2) is 60.7 Å². The van der Waals surface area contributed by atoms with Crippen molar-refractivity contribution < 1.29 is 23.8 Å². The molecule has 1 fully saturated rings. The van der Waals surface area contributed by atoms with Gasteiger partial charge in [-0.25, -0.2) is 4.79 Å². The van der Waals surface area contributed by atoms with E-state index in [1.807, 2.05) is 41.3 Å². The number of anilines is 1. The first-order chi connectivity index (χ1) is 20.8. The van der Waals surface area contributed by atoms with E-state index in [4.69, 9.17) is 14.2 Å². The van der Waals surface area contributed by atoms with Gasteiger partial charge in [-0.3, -0.25) is 4.79 Å². The molecule has 0 bridgehead atoms. The third-order valence-electron chi connectivity index (χ3n) is 8.94. The van der Waals surface area contributed by atoms with Gasteiger partial charge >= 0.3 is 12.0 Å². The number of hydrogen-bond donors (Lipinski definition) is 1. The summed E-state index contributed by atoms with van der Waals surface area (Å²) in [4.78, 5) is 30.9. The Kier molecular flexibility index (Phi) is 9.56. The van der Waals surface area contributed by atoms with Crippen LogP contribution in [0.4, 0.5) is 10.5 Å². The number of esters is 1. The van der Waals surface area contributed by atoms with Gasteiger partial charge in [-0.1, -0.05) is 42.5 Å². The van der Waals surface area contributed by atoms with E-state index in [1.165, 1.54) is 7.11 Å². The van der Waals surface area contributed by atoms with Crippen LogP contribution in [0, 0.1) is 19.8 Å². The summed E-state index contributed by atoms with van der Waals surface area (Å²) in [6.45, 7) is 6.01. The summed E-state index contributed by atoms with van der Waals surface area (Å²) in [6.07, 6.45) is 2.83. The molecule has 8 heteroatoms. The number of rotatable bonds is 9. The van der Waals surface area contributed by atoms with Crippen LogP contribution >= 0.6 is 0 Å². The van der Waals surface area contributed by atoms with Gasteiger partial charge in [0.2, 0.25) is 0 Å². The molecule has 43 heavy (non-hydrogen) atoms. The minimum atomic E-state index is -0.371. The molecule has 2 heterocycles. The van der Waals surface area contributed by atoms with Gasteiger partial charge in [-0.05, 0) is 92.6 Å². The second-order valence-electron chi connectivity index (χ2n) is 11.8. The van der Waals surface area contributed by atoms with Crippen LogP contribution in [0.5, 0.6) is 11.5 Å². The highest BCUT2D eigenvalue weighted by Gasteiger charge is 2.40. The molecule has 0 radical (unpaired) electrons. The van der Waals surface area contributed by atoms with Crippen molar-refractivity contribution in [1.29, 1.82) is 0 Å². The highest BCUT2D eigenvalue weighted by molar-refractivity contribution is 5.91. The third kappa shape index (κ3) is 6.96. The van der Waals surface area contributed by atoms with Gasteiger partial charge in [0, 0.05) is 30.9 Å². The number of hydrogen-bond acceptors (Lipinski definition) is 6. The zero-order valence-electron chi connectivity index (χ0n) is 25.9. The molecule has 0 spiro atoms. The van der Waals surface area contributed by atoms with Crippen LogP contribution in [0.25, 0.3) is 0 Å². The van der Waals surface area contributed by atoms with Crippen LogP contribution in [0.1, 0.15) is 40.7 Å². The van der Waals surface area contributed by atoms with E-state index in [0.717, 1.165) is 64.4 Å². The maximum atomic E-state index is 13.4. The fourth-order valence-electron chi connectivity index (χ4n) is 6.65. The number of likely N-dealkylation sites (tertiary alicyclic amines) is 1. The Morgan fingerprint density at radius 2 is 1.74 bits per heavy atom. The fourth-order valence-corrected chi connectivity index (χ4v) is 6.65. The minimum Gasteiger partial charge on any atom is -0.497 e. The summed E-state index contributed by atoms with van der Waals surface area (Å²) in [5, 5.41) is 3.10. The number of benzene rings is 3. The molecule has 0 aliphatic carbocycles. The Bertz CT molecular complexity index is 1420. The number of carbonyl (C=O) groups excluding carboxylic acids is 2. The SMILES string of the molecule is COC(=O)[C@H](Cc1cc(C)c(OCc2ccccc2)c(C)c1)C1CC(N2CCc3cc(OC)ccc3NC2=O)CCN1C. The van der Waals surface area contributed by atoms with Crippen molar-refractivity contribution in [3.8, 4) is 11.5 Å². The average Bonchev–Trinajstić information content (AvgIpc) is 3.17. The first kappa shape index (κ1) is 30.4. The molecule has 0 aromatic heterocycles. The van der Waals surface area contributed by atoms with Gasteiger partial charge in [0.05, 0.1) is 20.1 Å². The number of nitrogens with zero attached hydrogens (tertiary/aromatic N) is 2. The van der Waals surface area contributed by atoms with Crippen molar-refractivity contribution in [1.82, 2.24) is 9.80 Å². The van der Waals surface area contributed by atoms with Crippen LogP contribution in [-0.2, 0) is 29.0 Å². The molecule has 1 N–H and O–H groups in total. The quantitative estimate of drug-likeness (QED) is 0.321. The van der Waals surface area contributed by atoms with Crippen molar-refractivity contribution in [2.45, 2.75) is 58.2 Å². The van der Waals surface area contributed by atoms with Crippen molar-refractivity contribution in [3.63, 3.8) is 0 Å². The number of ether oxygens (including phenoxy) is 3. The first-order valence-corrected chi connectivity index (χ1v) is 15.1. The number of fused-ring (bicyclic) bond motifs is 1. The molecule has 5 rings (SSSR count). The van der Waals surface area contributed by atoms with Gasteiger partial charge in [0.15, 0.2) is 0 Å². The summed E-state index contributed by atoms with van der Waals surface area (Å²) in [7, 11) is 5.18. The summed E-state index contributed by atoms with van der Waals surface area (Å²) in [6, 6.07) is 20.0. The van der Waals surface area contributed by atoms with E-state index in [9.17, 15) is 9.59 Å². The Morgan fingerprint density at radius 3 is 2.44 bits per heavy atom. The Hall–Kier alpha value is -4.04. The van der Waals surface area contributed by atoms with E-state index < -0.39 is 0 Å². The number of nitrogens with one attached hydrogen (secondary N) is 1. The molecule has 2 amide bonds. The lowest BCUT2D eigenvalue weighted by molar-refractivity contribution is -0.148. The fraction of sp³-hybridized carbons (Fsp3) is 0.429. The molecule has 2 aliphatic rings. The number of piperidine rings is 1. The second kappa shape index (κ2) is 13.5. The third-order valence-corrected chi connectivity index (χ3v) is 8.94. The lowest BCUT2D eigenvalue weighted by Gasteiger charge is -2.44. The highest BCUT2D eigenvalue weighted by atomic mass is 16.5. The smallest absolute Gasteiger partial charge is 0.322 e. The molecule has 228 valence electrons. The number of methoxy groups -OCH3 is 2. The van der Waals surface area contributed by atoms with Crippen molar-refractivity contribution in [2.75, 3.05) is 39.7 Å².